The Hall–Kier alpha value is -4.75. The number of nitrogens with one attached hydrogen (secondary N) is 1. The van der Waals surface area contributed by atoms with Crippen LogP contribution in [0.1, 0.15) is 58.9 Å². The molecule has 1 aliphatic heterocycles. The van der Waals surface area contributed by atoms with Crippen LogP contribution in [0.2, 0.25) is 0 Å². The number of amides is 2. The number of ether oxygens (including phenoxy) is 2. The Kier molecular flexibility index (Phi) is 7.20. The van der Waals surface area contributed by atoms with E-state index in [2.05, 4.69) is 15.4 Å². The molecule has 0 radical (unpaired) electrons. The average Bonchev–Trinajstić information content (AvgIpc) is 3.65. The largest absolute Gasteiger partial charge is 0.494 e. The van der Waals surface area contributed by atoms with Crippen LogP contribution in [0.25, 0.3) is 22.2 Å². The highest BCUT2D eigenvalue weighted by Crippen LogP contribution is 2.48. The smallest absolute Gasteiger partial charge is 0.398 e. The fraction of sp³-hybridized carbons (Fsp3) is 0.355. The molecule has 3 heterocycles. The monoisotopic (exact) mass is 629 g/mol. The number of carbonyl (C=O) groups is 2. The molecule has 0 bridgehead atoms. The number of carbonyl (C=O) groups excluding carboxylic acids is 2. The number of halogens is 5. The first-order valence-electron chi connectivity index (χ1n) is 14.1. The summed E-state index contributed by atoms with van der Waals surface area (Å²) in [6.45, 7) is 1.50. The maximum Gasteiger partial charge on any atom is 0.398 e. The van der Waals surface area contributed by atoms with E-state index in [1.54, 1.807) is 10.9 Å². The van der Waals surface area contributed by atoms with E-state index in [1.165, 1.54) is 39.2 Å². The van der Waals surface area contributed by atoms with Crippen LogP contribution < -0.4 is 20.5 Å². The molecular weight excluding hydrogens is 601 g/mol. The first-order valence-corrected chi connectivity index (χ1v) is 14.1. The van der Waals surface area contributed by atoms with Gasteiger partial charge in [0, 0.05) is 34.8 Å². The lowest BCUT2D eigenvalue weighted by Gasteiger charge is -2.24. The van der Waals surface area contributed by atoms with Gasteiger partial charge in [0.1, 0.15) is 40.6 Å². The number of rotatable bonds is 8. The van der Waals surface area contributed by atoms with Crippen molar-refractivity contribution in [3.05, 3.63) is 70.5 Å². The van der Waals surface area contributed by atoms with Gasteiger partial charge in [-0.2, -0.15) is 18.3 Å². The number of nitrogens with two attached hydrogens (primary N) is 1. The van der Waals surface area contributed by atoms with Crippen LogP contribution >= 0.6 is 0 Å². The van der Waals surface area contributed by atoms with Crippen LogP contribution in [0.15, 0.2) is 36.5 Å². The number of hydrogen-bond acceptors (Lipinski definition) is 6. The molecule has 2 amide bonds. The highest BCUT2D eigenvalue weighted by molar-refractivity contribution is 6.00. The van der Waals surface area contributed by atoms with E-state index in [4.69, 9.17) is 15.2 Å². The standard InChI is InChI=1S/C31H28F5N5O4/c1-14-4-7-20(32)24(33)23(14)26-27-18(30(2,13-45-27)29(37)43)10-21(39-26)19(31(34,35)36)11-38-28(42)15-8-16-12-41(17-5-6-17)40-25(16)22(9-15)44-3/h4,7-10,12,17,19H,5-6,11,13H2,1-3H3,(H2,37,43)(H,38,42)/t19-,30+/m1/s1. The Balaban J connectivity index is 1.40. The van der Waals surface area contributed by atoms with Gasteiger partial charge in [-0.3, -0.25) is 14.3 Å². The molecule has 9 nitrogen and oxygen atoms in total. The summed E-state index contributed by atoms with van der Waals surface area (Å²) < 4.78 is 86.2. The molecular formula is C31H28F5N5O4. The van der Waals surface area contributed by atoms with Gasteiger partial charge >= 0.3 is 6.18 Å². The van der Waals surface area contributed by atoms with Gasteiger partial charge in [-0.15, -0.1) is 0 Å². The van der Waals surface area contributed by atoms with Crippen LogP contribution in [0, 0.1) is 18.6 Å². The quantitative estimate of drug-likeness (QED) is 0.257. The van der Waals surface area contributed by atoms with Crippen molar-refractivity contribution in [2.75, 3.05) is 20.3 Å². The van der Waals surface area contributed by atoms with E-state index in [-0.39, 0.29) is 40.8 Å². The third-order valence-electron chi connectivity index (χ3n) is 8.39. The highest BCUT2D eigenvalue weighted by atomic mass is 19.4. The summed E-state index contributed by atoms with van der Waals surface area (Å²) in [6.07, 6.45) is -1.27. The van der Waals surface area contributed by atoms with Gasteiger partial charge in [-0.05, 0) is 56.5 Å². The van der Waals surface area contributed by atoms with Crippen molar-refractivity contribution >= 4 is 22.7 Å². The molecule has 0 unspecified atom stereocenters. The third kappa shape index (κ3) is 5.21. The number of aryl methyl sites for hydroxylation is 1. The van der Waals surface area contributed by atoms with E-state index in [0.29, 0.717) is 10.9 Å². The van der Waals surface area contributed by atoms with Crippen LogP contribution in [0.4, 0.5) is 22.0 Å². The third-order valence-corrected chi connectivity index (χ3v) is 8.39. The average molecular weight is 630 g/mol. The summed E-state index contributed by atoms with van der Waals surface area (Å²) in [4.78, 5) is 29.8. The summed E-state index contributed by atoms with van der Waals surface area (Å²) in [5.74, 6) is -6.61. The van der Waals surface area contributed by atoms with Crippen molar-refractivity contribution in [3.8, 4) is 22.8 Å². The molecule has 14 heteroatoms. The van der Waals surface area contributed by atoms with Crippen LogP contribution in [-0.4, -0.2) is 53.0 Å². The molecule has 1 fully saturated rings. The van der Waals surface area contributed by atoms with Gasteiger partial charge in [0.05, 0.1) is 18.8 Å². The SMILES string of the molecule is COc1cc(C(=O)NC[C@H](c2cc3c(c(-c4c(C)ccc(F)c4F)n2)OC[C@]3(C)C(N)=O)C(F)(F)F)cc2cn(C3CC3)nc12. The first kappa shape index (κ1) is 30.3. The predicted molar refractivity (Wildman–Crippen MR) is 152 cm³/mol. The minimum atomic E-state index is -4.96. The first-order chi connectivity index (χ1) is 21.2. The molecule has 4 aromatic rings. The van der Waals surface area contributed by atoms with Crippen molar-refractivity contribution in [2.24, 2.45) is 5.73 Å². The zero-order valence-corrected chi connectivity index (χ0v) is 24.4. The molecule has 2 atom stereocenters. The fourth-order valence-electron chi connectivity index (χ4n) is 5.51. The van der Waals surface area contributed by atoms with Crippen molar-refractivity contribution < 1.29 is 41.0 Å². The molecule has 0 spiro atoms. The number of aromatic nitrogens is 3. The number of fused-ring (bicyclic) bond motifs is 2. The molecule has 45 heavy (non-hydrogen) atoms. The normalized spacial score (nSPS) is 18.4. The Labute approximate surface area is 253 Å². The predicted octanol–water partition coefficient (Wildman–Crippen LogP) is 5.24. The number of pyridine rings is 1. The second-order valence-corrected chi connectivity index (χ2v) is 11.6. The summed E-state index contributed by atoms with van der Waals surface area (Å²) in [7, 11) is 1.40. The summed E-state index contributed by atoms with van der Waals surface area (Å²) >= 11 is 0. The Morgan fingerprint density at radius 2 is 1.96 bits per heavy atom. The summed E-state index contributed by atoms with van der Waals surface area (Å²) in [5.41, 5.74) is 3.23. The molecule has 2 aromatic heterocycles. The maximum absolute atomic E-state index is 15.1. The second-order valence-electron chi connectivity index (χ2n) is 11.6. The van der Waals surface area contributed by atoms with Crippen molar-refractivity contribution in [1.29, 1.82) is 0 Å². The van der Waals surface area contributed by atoms with Crippen molar-refractivity contribution in [3.63, 3.8) is 0 Å². The molecule has 1 saturated carbocycles. The Morgan fingerprint density at radius 3 is 2.60 bits per heavy atom. The van der Waals surface area contributed by atoms with Crippen LogP contribution in [0.3, 0.4) is 0 Å². The van der Waals surface area contributed by atoms with Gasteiger partial charge in [0.25, 0.3) is 5.91 Å². The molecule has 236 valence electrons. The number of nitrogens with zero attached hydrogens (tertiary/aromatic N) is 3. The van der Waals surface area contributed by atoms with E-state index < -0.39 is 64.5 Å². The lowest BCUT2D eigenvalue weighted by atomic mass is 9.82. The molecule has 0 saturated heterocycles. The molecule has 6 rings (SSSR count). The maximum atomic E-state index is 15.1. The zero-order chi connectivity index (χ0) is 32.4. The van der Waals surface area contributed by atoms with E-state index in [1.807, 2.05) is 0 Å². The highest BCUT2D eigenvalue weighted by Gasteiger charge is 2.48. The number of hydrogen-bond donors (Lipinski definition) is 2. The minimum Gasteiger partial charge on any atom is -0.494 e. The zero-order valence-electron chi connectivity index (χ0n) is 24.4. The van der Waals surface area contributed by atoms with Gasteiger partial charge in [0.15, 0.2) is 11.6 Å². The van der Waals surface area contributed by atoms with E-state index in [0.717, 1.165) is 25.0 Å². The van der Waals surface area contributed by atoms with Crippen molar-refractivity contribution in [1.82, 2.24) is 20.1 Å². The molecule has 1 aliphatic carbocycles. The fourth-order valence-corrected chi connectivity index (χ4v) is 5.51. The van der Waals surface area contributed by atoms with Crippen LogP contribution in [0.5, 0.6) is 11.5 Å². The lowest BCUT2D eigenvalue weighted by molar-refractivity contribution is -0.149. The Morgan fingerprint density at radius 1 is 1.22 bits per heavy atom. The van der Waals surface area contributed by atoms with Gasteiger partial charge in [-0.1, -0.05) is 6.07 Å². The van der Waals surface area contributed by atoms with Gasteiger partial charge in [0.2, 0.25) is 5.91 Å². The van der Waals surface area contributed by atoms with Crippen molar-refractivity contribution in [2.45, 2.75) is 50.2 Å². The molecule has 3 N–H and O–H groups in total. The molecule has 2 aliphatic rings. The van der Waals surface area contributed by atoms with Gasteiger partial charge < -0.3 is 20.5 Å². The van der Waals surface area contributed by atoms with E-state index in [9.17, 15) is 27.2 Å². The van der Waals surface area contributed by atoms with E-state index >= 15 is 4.39 Å². The Bertz CT molecular complexity index is 1870. The number of alkyl halides is 3. The second kappa shape index (κ2) is 10.7. The summed E-state index contributed by atoms with van der Waals surface area (Å²) in [6, 6.07) is 6.30. The van der Waals surface area contributed by atoms with Gasteiger partial charge in [-0.25, -0.2) is 13.8 Å². The number of primary amides is 1. The molecule has 2 aromatic carbocycles. The topological polar surface area (TPSA) is 121 Å². The number of methoxy groups -OCH3 is 1. The lowest BCUT2D eigenvalue weighted by Crippen LogP contribution is -2.40. The number of benzene rings is 2. The minimum absolute atomic E-state index is 0.0467. The van der Waals surface area contributed by atoms with Crippen LogP contribution in [-0.2, 0) is 10.2 Å². The summed E-state index contributed by atoms with van der Waals surface area (Å²) in [5, 5.41) is 7.42.